The van der Waals surface area contributed by atoms with Crippen molar-refractivity contribution in [3.05, 3.63) is 59.9 Å². The molecule has 3 rings (SSSR count). The number of carbonyl (C=O) groups excluding carboxylic acids is 2. The number of rotatable bonds is 6. The smallest absolute Gasteiger partial charge is 0.410 e. The van der Waals surface area contributed by atoms with Gasteiger partial charge in [-0.1, -0.05) is 26.8 Å². The van der Waals surface area contributed by atoms with Crippen LogP contribution in [-0.2, 0) is 6.54 Å². The number of carbonyl (C=O) groups is 2. The number of ether oxygens (including phenoxy) is 1. The van der Waals surface area contributed by atoms with Crippen molar-refractivity contribution in [2.75, 3.05) is 26.2 Å². The van der Waals surface area contributed by atoms with Crippen molar-refractivity contribution < 1.29 is 14.3 Å². The monoisotopic (exact) mass is 452 g/mol. The number of aromatic nitrogens is 1. The number of hydrogen-bond donors (Lipinski definition) is 1. The van der Waals surface area contributed by atoms with Crippen molar-refractivity contribution in [2.24, 2.45) is 5.41 Å². The van der Waals surface area contributed by atoms with E-state index in [4.69, 9.17) is 4.74 Å². The largest absolute Gasteiger partial charge is 0.415 e. The molecule has 0 atom stereocenters. The molecule has 2 aromatic rings. The number of pyridine rings is 1. The molecule has 1 aromatic heterocycles. The van der Waals surface area contributed by atoms with Crippen LogP contribution in [0.15, 0.2) is 48.8 Å². The number of amides is 2. The molecule has 0 spiro atoms. The van der Waals surface area contributed by atoms with Gasteiger partial charge in [0.2, 0.25) is 0 Å². The van der Waals surface area contributed by atoms with E-state index in [1.807, 2.05) is 26.1 Å². The highest BCUT2D eigenvalue weighted by molar-refractivity contribution is 5.94. The molecule has 2 amide bonds. The molecular weight excluding hydrogens is 416 g/mol. The first kappa shape index (κ1) is 24.7. The summed E-state index contributed by atoms with van der Waals surface area (Å²) < 4.78 is 5.54. The van der Waals surface area contributed by atoms with E-state index in [1.165, 1.54) is 5.56 Å². The molecule has 0 bridgehead atoms. The summed E-state index contributed by atoms with van der Waals surface area (Å²) >= 11 is 0. The van der Waals surface area contributed by atoms with Gasteiger partial charge in [0.25, 0.3) is 5.91 Å². The second-order valence-corrected chi connectivity index (χ2v) is 10.6. The average Bonchev–Trinajstić information content (AvgIpc) is 2.73. The Morgan fingerprint density at radius 1 is 1.00 bits per heavy atom. The molecule has 1 aromatic carbocycles. The van der Waals surface area contributed by atoms with Crippen LogP contribution in [0.1, 0.15) is 57.0 Å². The predicted octanol–water partition coefficient (Wildman–Crippen LogP) is 4.34. The van der Waals surface area contributed by atoms with Gasteiger partial charge in [0.15, 0.2) is 0 Å². The normalized spacial score (nSPS) is 15.2. The molecule has 0 radical (unpaired) electrons. The van der Waals surface area contributed by atoms with Crippen LogP contribution in [0, 0.1) is 5.41 Å². The minimum absolute atomic E-state index is 0.110. The van der Waals surface area contributed by atoms with E-state index < -0.39 is 0 Å². The van der Waals surface area contributed by atoms with E-state index in [-0.39, 0.29) is 23.0 Å². The molecule has 1 saturated heterocycles. The first-order valence-corrected chi connectivity index (χ1v) is 11.5. The number of piperazine rings is 1. The third-order valence-corrected chi connectivity index (χ3v) is 5.51. The van der Waals surface area contributed by atoms with E-state index in [0.717, 1.165) is 26.1 Å². The number of hydrogen-bond acceptors (Lipinski definition) is 5. The molecule has 178 valence electrons. The maximum Gasteiger partial charge on any atom is 0.415 e. The maximum atomic E-state index is 12.7. The molecule has 33 heavy (non-hydrogen) atoms. The summed E-state index contributed by atoms with van der Waals surface area (Å²) in [6.07, 6.45) is 4.14. The topological polar surface area (TPSA) is 74.8 Å². The molecule has 2 heterocycles. The minimum Gasteiger partial charge on any atom is -0.410 e. The quantitative estimate of drug-likeness (QED) is 0.706. The van der Waals surface area contributed by atoms with Crippen LogP contribution < -0.4 is 10.1 Å². The third-order valence-electron chi connectivity index (χ3n) is 5.51. The van der Waals surface area contributed by atoms with E-state index in [9.17, 15) is 9.59 Å². The van der Waals surface area contributed by atoms with Gasteiger partial charge in [-0.05, 0) is 61.6 Å². The summed E-state index contributed by atoms with van der Waals surface area (Å²) in [5.74, 6) is 0.301. The fourth-order valence-electron chi connectivity index (χ4n) is 4.43. The van der Waals surface area contributed by atoms with Crippen molar-refractivity contribution in [1.29, 1.82) is 0 Å². The Bertz CT molecular complexity index is 928. The lowest BCUT2D eigenvalue weighted by molar-refractivity contribution is 0.0891. The summed E-state index contributed by atoms with van der Waals surface area (Å²) in [6.45, 7) is 14.2. The van der Waals surface area contributed by atoms with Gasteiger partial charge in [-0.2, -0.15) is 0 Å². The number of nitrogens with one attached hydrogen (secondary N) is 1. The van der Waals surface area contributed by atoms with Gasteiger partial charge < -0.3 is 15.0 Å². The summed E-state index contributed by atoms with van der Waals surface area (Å²) in [5.41, 5.74) is 1.50. The highest BCUT2D eigenvalue weighted by Crippen LogP contribution is 2.27. The molecular formula is C26H36N4O3. The Hall–Kier alpha value is -2.93. The zero-order valence-electron chi connectivity index (χ0n) is 20.4. The van der Waals surface area contributed by atoms with Gasteiger partial charge in [0, 0.05) is 56.2 Å². The predicted molar refractivity (Wildman–Crippen MR) is 129 cm³/mol. The van der Waals surface area contributed by atoms with E-state index in [2.05, 4.69) is 42.0 Å². The van der Waals surface area contributed by atoms with E-state index in [0.29, 0.717) is 24.4 Å². The minimum atomic E-state index is -0.362. The Morgan fingerprint density at radius 2 is 1.67 bits per heavy atom. The third kappa shape index (κ3) is 7.86. The molecule has 0 aliphatic carbocycles. The molecule has 0 saturated carbocycles. The van der Waals surface area contributed by atoms with Gasteiger partial charge in [-0.25, -0.2) is 4.79 Å². The van der Waals surface area contributed by atoms with Gasteiger partial charge >= 0.3 is 6.09 Å². The lowest BCUT2D eigenvalue weighted by Crippen LogP contribution is -2.49. The van der Waals surface area contributed by atoms with Crippen LogP contribution in [-0.4, -0.2) is 58.5 Å². The first-order valence-electron chi connectivity index (χ1n) is 11.5. The second kappa shape index (κ2) is 10.3. The highest BCUT2D eigenvalue weighted by Gasteiger charge is 2.27. The molecule has 1 fully saturated rings. The standard InChI is InChI=1S/C26H36N4O3/c1-25(2,3)19-26(4,5)28-23(31)21-8-10-22(11-9-21)33-24(32)30-15-13-29(14-16-30)18-20-7-6-12-27-17-20/h6-12,17H,13-16,18-19H2,1-5H3,(H,28,31). The van der Waals surface area contributed by atoms with E-state index >= 15 is 0 Å². The number of nitrogens with zero attached hydrogens (tertiary/aromatic N) is 3. The SMILES string of the molecule is CC(C)(C)CC(C)(C)NC(=O)c1ccc(OC(=O)N2CCN(Cc3cccnc3)CC2)cc1. The fraction of sp³-hybridized carbons (Fsp3) is 0.500. The van der Waals surface area contributed by atoms with Gasteiger partial charge in [-0.3, -0.25) is 14.7 Å². The van der Waals surface area contributed by atoms with Crippen molar-refractivity contribution in [3.63, 3.8) is 0 Å². The zero-order valence-corrected chi connectivity index (χ0v) is 20.4. The van der Waals surface area contributed by atoms with Crippen molar-refractivity contribution in [3.8, 4) is 5.75 Å². The van der Waals surface area contributed by atoms with Crippen LogP contribution in [0.2, 0.25) is 0 Å². The summed E-state index contributed by atoms with van der Waals surface area (Å²) in [5, 5.41) is 3.10. The Labute approximate surface area is 197 Å². The lowest BCUT2D eigenvalue weighted by atomic mass is 9.81. The van der Waals surface area contributed by atoms with Gasteiger partial charge in [-0.15, -0.1) is 0 Å². The Kier molecular flexibility index (Phi) is 7.74. The van der Waals surface area contributed by atoms with Crippen LogP contribution in [0.25, 0.3) is 0 Å². The van der Waals surface area contributed by atoms with E-state index in [1.54, 1.807) is 35.4 Å². The Balaban J connectivity index is 1.47. The number of benzene rings is 1. The first-order chi connectivity index (χ1) is 15.5. The Morgan fingerprint density at radius 3 is 2.24 bits per heavy atom. The fourth-order valence-corrected chi connectivity index (χ4v) is 4.43. The van der Waals surface area contributed by atoms with Crippen molar-refractivity contribution >= 4 is 12.0 Å². The van der Waals surface area contributed by atoms with Gasteiger partial charge in [0.1, 0.15) is 5.75 Å². The van der Waals surface area contributed by atoms with Crippen molar-refractivity contribution in [2.45, 2.75) is 53.1 Å². The van der Waals surface area contributed by atoms with Crippen LogP contribution in [0.4, 0.5) is 4.79 Å². The van der Waals surface area contributed by atoms with Gasteiger partial charge in [0.05, 0.1) is 0 Å². The maximum absolute atomic E-state index is 12.7. The van der Waals surface area contributed by atoms with Crippen LogP contribution in [0.5, 0.6) is 5.75 Å². The molecule has 1 aliphatic rings. The summed E-state index contributed by atoms with van der Waals surface area (Å²) in [6, 6.07) is 10.7. The summed E-state index contributed by atoms with van der Waals surface area (Å²) in [4.78, 5) is 33.4. The second-order valence-electron chi connectivity index (χ2n) is 10.6. The zero-order chi connectivity index (χ0) is 24.1. The highest BCUT2D eigenvalue weighted by atomic mass is 16.6. The van der Waals surface area contributed by atoms with Crippen molar-refractivity contribution in [1.82, 2.24) is 20.1 Å². The van der Waals surface area contributed by atoms with Crippen LogP contribution >= 0.6 is 0 Å². The molecule has 0 unspecified atom stereocenters. The molecule has 1 N–H and O–H groups in total. The van der Waals surface area contributed by atoms with Crippen LogP contribution in [0.3, 0.4) is 0 Å². The summed E-state index contributed by atoms with van der Waals surface area (Å²) in [7, 11) is 0. The average molecular weight is 453 g/mol. The molecule has 7 nitrogen and oxygen atoms in total. The lowest BCUT2D eigenvalue weighted by Gasteiger charge is -2.34. The molecule has 7 heteroatoms. The molecule has 1 aliphatic heterocycles.